The average molecular weight is 347 g/mol. The Labute approximate surface area is 142 Å². The lowest BCUT2D eigenvalue weighted by molar-refractivity contribution is 0.236. The van der Waals surface area contributed by atoms with Crippen molar-refractivity contribution >= 4 is 10.0 Å². The van der Waals surface area contributed by atoms with Crippen molar-refractivity contribution in [2.75, 3.05) is 26.2 Å². The van der Waals surface area contributed by atoms with Crippen molar-refractivity contribution < 1.29 is 13.2 Å². The van der Waals surface area contributed by atoms with Crippen LogP contribution in [0.3, 0.4) is 0 Å². The number of hydrogen-bond donors (Lipinski definition) is 1. The Morgan fingerprint density at radius 3 is 2.54 bits per heavy atom. The Hall–Kier alpha value is -1.96. The van der Waals surface area contributed by atoms with Crippen molar-refractivity contribution in [3.05, 3.63) is 54.4 Å². The zero-order valence-electron chi connectivity index (χ0n) is 13.3. The lowest BCUT2D eigenvalue weighted by atomic mass is 10.00. The third-order valence-electron chi connectivity index (χ3n) is 4.28. The van der Waals surface area contributed by atoms with E-state index in [2.05, 4.69) is 22.0 Å². The smallest absolute Gasteiger partial charge is 0.238 e. The van der Waals surface area contributed by atoms with E-state index in [0.29, 0.717) is 18.3 Å². The maximum Gasteiger partial charge on any atom is 0.238 e. The van der Waals surface area contributed by atoms with Crippen LogP contribution in [-0.2, 0) is 10.0 Å². The van der Waals surface area contributed by atoms with E-state index in [0.717, 1.165) is 26.1 Å². The van der Waals surface area contributed by atoms with E-state index in [9.17, 15) is 8.42 Å². The summed E-state index contributed by atoms with van der Waals surface area (Å²) in [6.45, 7) is 3.49. The number of pyridine rings is 1. The quantitative estimate of drug-likeness (QED) is 0.858. The van der Waals surface area contributed by atoms with Crippen molar-refractivity contribution in [1.82, 2.24) is 9.88 Å². The van der Waals surface area contributed by atoms with Gasteiger partial charge in [-0.05, 0) is 60.8 Å². The van der Waals surface area contributed by atoms with Gasteiger partial charge >= 0.3 is 0 Å². The first-order valence-electron chi connectivity index (χ1n) is 7.90. The summed E-state index contributed by atoms with van der Waals surface area (Å²) in [6.07, 6.45) is 4.83. The summed E-state index contributed by atoms with van der Waals surface area (Å²) in [7, 11) is -3.65. The summed E-state index contributed by atoms with van der Waals surface area (Å²) in [5.74, 6) is 1.20. The van der Waals surface area contributed by atoms with Crippen LogP contribution in [0.4, 0.5) is 0 Å². The molecule has 0 radical (unpaired) electrons. The monoisotopic (exact) mass is 347 g/mol. The third-order valence-corrected chi connectivity index (χ3v) is 5.21. The van der Waals surface area contributed by atoms with Gasteiger partial charge in [0, 0.05) is 25.5 Å². The molecular weight excluding hydrogens is 326 g/mol. The minimum Gasteiger partial charge on any atom is -0.492 e. The second-order valence-electron chi connectivity index (χ2n) is 5.93. The molecule has 1 saturated heterocycles. The second-order valence-corrected chi connectivity index (χ2v) is 7.49. The van der Waals surface area contributed by atoms with Gasteiger partial charge in [0.2, 0.25) is 10.0 Å². The summed E-state index contributed by atoms with van der Waals surface area (Å²) in [5, 5.41) is 5.07. The number of nitrogens with zero attached hydrogens (tertiary/aromatic N) is 2. The number of nitrogens with two attached hydrogens (primary N) is 1. The highest BCUT2D eigenvalue weighted by Crippen LogP contribution is 2.26. The first kappa shape index (κ1) is 16.9. The van der Waals surface area contributed by atoms with Crippen LogP contribution in [0.5, 0.6) is 5.75 Å². The van der Waals surface area contributed by atoms with E-state index >= 15 is 0 Å². The van der Waals surface area contributed by atoms with E-state index < -0.39 is 10.0 Å². The summed E-state index contributed by atoms with van der Waals surface area (Å²) in [4.78, 5) is 6.53. The van der Waals surface area contributed by atoms with Crippen LogP contribution in [0.2, 0.25) is 0 Å². The van der Waals surface area contributed by atoms with Gasteiger partial charge in [0.25, 0.3) is 0 Å². The van der Waals surface area contributed by atoms with Crippen LogP contribution >= 0.6 is 0 Å². The molecule has 1 aromatic heterocycles. The van der Waals surface area contributed by atoms with Gasteiger partial charge in [-0.15, -0.1) is 0 Å². The van der Waals surface area contributed by atoms with Crippen LogP contribution < -0.4 is 9.88 Å². The van der Waals surface area contributed by atoms with Crippen molar-refractivity contribution in [2.45, 2.75) is 17.2 Å². The van der Waals surface area contributed by atoms with E-state index in [-0.39, 0.29) is 4.90 Å². The minimum absolute atomic E-state index is 0.0922. The van der Waals surface area contributed by atoms with E-state index in [1.807, 2.05) is 12.4 Å². The Morgan fingerprint density at radius 1 is 1.17 bits per heavy atom. The number of aromatic nitrogens is 1. The standard InChI is InChI=1S/C17H21N3O3S/c18-24(21,22)17-3-1-16(2-4-17)23-12-11-20-10-7-15(13-20)14-5-8-19-9-6-14/h1-6,8-9,15H,7,10-13H2,(H2,18,21,22)/t15-/m1/s1. The number of hydrogen-bond acceptors (Lipinski definition) is 5. The highest BCUT2D eigenvalue weighted by Gasteiger charge is 2.23. The second kappa shape index (κ2) is 7.29. The van der Waals surface area contributed by atoms with Crippen LogP contribution in [0, 0.1) is 0 Å². The Balaban J connectivity index is 1.46. The molecule has 1 aromatic carbocycles. The Morgan fingerprint density at radius 2 is 1.88 bits per heavy atom. The third kappa shape index (κ3) is 4.31. The number of likely N-dealkylation sites (tertiary alicyclic amines) is 1. The molecule has 1 fully saturated rings. The van der Waals surface area contributed by atoms with Gasteiger partial charge in [0.15, 0.2) is 0 Å². The highest BCUT2D eigenvalue weighted by molar-refractivity contribution is 7.89. The molecule has 0 unspecified atom stereocenters. The molecule has 1 atom stereocenters. The summed E-state index contributed by atoms with van der Waals surface area (Å²) in [6, 6.07) is 10.3. The first-order chi connectivity index (χ1) is 11.5. The zero-order valence-corrected chi connectivity index (χ0v) is 14.2. The van der Waals surface area contributed by atoms with Crippen LogP contribution in [0.25, 0.3) is 0 Å². The van der Waals surface area contributed by atoms with E-state index in [4.69, 9.17) is 9.88 Å². The summed E-state index contributed by atoms with van der Waals surface area (Å²) in [5.41, 5.74) is 1.34. The molecule has 6 nitrogen and oxygen atoms in total. The molecule has 1 aliphatic heterocycles. The van der Waals surface area contributed by atoms with Gasteiger partial charge in [-0.2, -0.15) is 0 Å². The van der Waals surface area contributed by atoms with Crippen molar-refractivity contribution in [3.8, 4) is 5.75 Å². The molecule has 128 valence electrons. The predicted octanol–water partition coefficient (Wildman–Crippen LogP) is 1.60. The lowest BCUT2D eigenvalue weighted by Gasteiger charge is -2.16. The Bertz CT molecular complexity index is 763. The van der Waals surface area contributed by atoms with E-state index in [1.54, 1.807) is 12.1 Å². The fraction of sp³-hybridized carbons (Fsp3) is 0.353. The van der Waals surface area contributed by atoms with Crippen LogP contribution in [0.15, 0.2) is 53.7 Å². The molecule has 1 aliphatic rings. The molecule has 0 spiro atoms. The molecule has 0 amide bonds. The lowest BCUT2D eigenvalue weighted by Crippen LogP contribution is -2.26. The van der Waals surface area contributed by atoms with Crippen molar-refractivity contribution in [1.29, 1.82) is 0 Å². The molecule has 2 heterocycles. The SMILES string of the molecule is NS(=O)(=O)c1ccc(OCCN2CC[C@@H](c3ccncc3)C2)cc1. The normalized spacial score (nSPS) is 18.6. The summed E-state index contributed by atoms with van der Waals surface area (Å²) >= 11 is 0. The zero-order chi connectivity index (χ0) is 17.0. The van der Waals surface area contributed by atoms with Crippen LogP contribution in [-0.4, -0.2) is 44.5 Å². The maximum atomic E-state index is 11.2. The van der Waals surface area contributed by atoms with Crippen molar-refractivity contribution in [2.24, 2.45) is 5.14 Å². The first-order valence-corrected chi connectivity index (χ1v) is 9.45. The number of sulfonamides is 1. The maximum absolute atomic E-state index is 11.2. The molecule has 2 aromatic rings. The molecule has 7 heteroatoms. The molecule has 0 bridgehead atoms. The predicted molar refractivity (Wildman–Crippen MR) is 91.3 cm³/mol. The van der Waals surface area contributed by atoms with Gasteiger partial charge in [-0.1, -0.05) is 0 Å². The van der Waals surface area contributed by atoms with Gasteiger partial charge in [0.1, 0.15) is 12.4 Å². The molecule has 0 aliphatic carbocycles. The fourth-order valence-corrected chi connectivity index (χ4v) is 3.48. The molecular formula is C17H21N3O3S. The van der Waals surface area contributed by atoms with Gasteiger partial charge in [-0.25, -0.2) is 13.6 Å². The highest BCUT2D eigenvalue weighted by atomic mass is 32.2. The van der Waals surface area contributed by atoms with Gasteiger partial charge in [-0.3, -0.25) is 9.88 Å². The molecule has 0 saturated carbocycles. The average Bonchev–Trinajstić information content (AvgIpc) is 3.04. The fourth-order valence-electron chi connectivity index (χ4n) is 2.96. The topological polar surface area (TPSA) is 85.5 Å². The summed E-state index contributed by atoms with van der Waals surface area (Å²) < 4.78 is 28.1. The molecule has 2 N–H and O–H groups in total. The van der Waals surface area contributed by atoms with Gasteiger partial charge in [0.05, 0.1) is 4.90 Å². The van der Waals surface area contributed by atoms with Crippen LogP contribution in [0.1, 0.15) is 17.9 Å². The number of rotatable bonds is 6. The Kier molecular flexibility index (Phi) is 5.13. The largest absolute Gasteiger partial charge is 0.492 e. The molecule has 24 heavy (non-hydrogen) atoms. The number of ether oxygens (including phenoxy) is 1. The number of primary sulfonamides is 1. The van der Waals surface area contributed by atoms with Gasteiger partial charge < -0.3 is 4.74 Å². The minimum atomic E-state index is -3.65. The number of benzene rings is 1. The van der Waals surface area contributed by atoms with Crippen molar-refractivity contribution in [3.63, 3.8) is 0 Å². The molecule has 3 rings (SSSR count). The van der Waals surface area contributed by atoms with E-state index in [1.165, 1.54) is 17.7 Å².